The lowest BCUT2D eigenvalue weighted by Gasteiger charge is -2.29. The Hall–Kier alpha value is -3.64. The summed E-state index contributed by atoms with van der Waals surface area (Å²) >= 11 is 0. The molecule has 0 radical (unpaired) electrons. The molecule has 2 aliphatic heterocycles. The quantitative estimate of drug-likeness (QED) is 0.709. The number of nitrogens with zero attached hydrogens (tertiary/aromatic N) is 2. The summed E-state index contributed by atoms with van der Waals surface area (Å²) in [7, 11) is 4.54. The van der Waals surface area contributed by atoms with E-state index in [1.54, 1.807) is 22.8 Å². The minimum atomic E-state index is -0.808. The van der Waals surface area contributed by atoms with Crippen LogP contribution in [0.1, 0.15) is 35.6 Å². The number of nitriles is 1. The monoisotopic (exact) mass is 453 g/mol. The van der Waals surface area contributed by atoms with E-state index in [1.807, 2.05) is 6.92 Å². The number of benzene rings is 1. The number of allylic oxidation sites excluding steroid dienone is 1. The van der Waals surface area contributed by atoms with E-state index in [-0.39, 0.29) is 23.1 Å². The van der Waals surface area contributed by atoms with Gasteiger partial charge in [-0.1, -0.05) is 0 Å². The molecule has 2 N–H and O–H groups in total. The van der Waals surface area contributed by atoms with Crippen LogP contribution in [0.4, 0.5) is 0 Å². The molecule has 0 amide bonds. The van der Waals surface area contributed by atoms with Crippen LogP contribution in [0.2, 0.25) is 0 Å². The molecule has 1 aromatic carbocycles. The van der Waals surface area contributed by atoms with Crippen molar-refractivity contribution in [1.29, 1.82) is 5.26 Å². The second-order valence-corrected chi connectivity index (χ2v) is 7.99. The van der Waals surface area contributed by atoms with Gasteiger partial charge >= 0.3 is 0 Å². The van der Waals surface area contributed by atoms with Gasteiger partial charge in [0.2, 0.25) is 5.88 Å². The van der Waals surface area contributed by atoms with Gasteiger partial charge in [-0.15, -0.1) is 0 Å². The van der Waals surface area contributed by atoms with Gasteiger partial charge in [-0.2, -0.15) is 5.26 Å². The maximum atomic E-state index is 13.8. The highest BCUT2D eigenvalue weighted by molar-refractivity contribution is 5.61. The summed E-state index contributed by atoms with van der Waals surface area (Å²) in [5, 5.41) is 9.96. The lowest BCUT2D eigenvalue weighted by atomic mass is 9.83. The topological polar surface area (TPSA) is 118 Å². The van der Waals surface area contributed by atoms with Crippen LogP contribution >= 0.6 is 0 Å². The molecule has 0 bridgehead atoms. The Bertz CT molecular complexity index is 1200. The molecule has 0 unspecified atom stereocenters. The Morgan fingerprint density at radius 3 is 2.45 bits per heavy atom. The van der Waals surface area contributed by atoms with E-state index in [0.29, 0.717) is 47.3 Å². The SMILES string of the molecule is COc1cc(OC)c([C@H]2C(C#N)=C(N)Oc3cc(C)n(C[C@@H]4CCCO4)c(=O)c32)cc1OC. The van der Waals surface area contributed by atoms with Crippen molar-refractivity contribution in [1.82, 2.24) is 4.57 Å². The smallest absolute Gasteiger partial charge is 0.258 e. The average Bonchev–Trinajstić information content (AvgIpc) is 3.33. The second-order valence-electron chi connectivity index (χ2n) is 7.99. The van der Waals surface area contributed by atoms with Crippen molar-refractivity contribution in [3.05, 3.63) is 56.8 Å². The molecule has 9 heteroatoms. The number of fused-ring (bicyclic) bond motifs is 1. The van der Waals surface area contributed by atoms with Crippen molar-refractivity contribution >= 4 is 0 Å². The van der Waals surface area contributed by atoms with Crippen LogP contribution in [-0.4, -0.2) is 38.6 Å². The van der Waals surface area contributed by atoms with Gasteiger partial charge in [-0.05, 0) is 25.8 Å². The average molecular weight is 453 g/mol. The summed E-state index contributed by atoms with van der Waals surface area (Å²) in [6, 6.07) is 7.26. The number of rotatable bonds is 6. The van der Waals surface area contributed by atoms with E-state index >= 15 is 0 Å². The lowest BCUT2D eigenvalue weighted by molar-refractivity contribution is 0.0954. The highest BCUT2D eigenvalue weighted by atomic mass is 16.5. The van der Waals surface area contributed by atoms with E-state index in [2.05, 4.69) is 6.07 Å². The fraction of sp³-hybridized carbons (Fsp3) is 0.417. The molecule has 1 fully saturated rings. The van der Waals surface area contributed by atoms with Crippen LogP contribution in [0.25, 0.3) is 0 Å². The van der Waals surface area contributed by atoms with E-state index in [0.717, 1.165) is 18.5 Å². The van der Waals surface area contributed by atoms with Crippen molar-refractivity contribution in [2.45, 2.75) is 38.3 Å². The summed E-state index contributed by atoms with van der Waals surface area (Å²) in [4.78, 5) is 13.8. The Morgan fingerprint density at radius 1 is 1.15 bits per heavy atom. The van der Waals surface area contributed by atoms with Gasteiger partial charge in [0, 0.05) is 30.0 Å². The van der Waals surface area contributed by atoms with Gasteiger partial charge < -0.3 is 34.0 Å². The summed E-state index contributed by atoms with van der Waals surface area (Å²) in [5.41, 5.74) is 7.57. The van der Waals surface area contributed by atoms with Gasteiger partial charge in [0.25, 0.3) is 5.56 Å². The molecule has 3 heterocycles. The Labute approximate surface area is 191 Å². The van der Waals surface area contributed by atoms with E-state index in [1.165, 1.54) is 21.3 Å². The summed E-state index contributed by atoms with van der Waals surface area (Å²) in [5.74, 6) is 0.778. The maximum Gasteiger partial charge on any atom is 0.258 e. The Morgan fingerprint density at radius 2 is 1.85 bits per heavy atom. The van der Waals surface area contributed by atoms with Crippen LogP contribution in [0, 0.1) is 18.3 Å². The van der Waals surface area contributed by atoms with E-state index in [9.17, 15) is 10.1 Å². The molecule has 2 aliphatic rings. The maximum absolute atomic E-state index is 13.8. The molecule has 1 aromatic heterocycles. The molecule has 0 saturated carbocycles. The normalized spacial score (nSPS) is 19.5. The molecule has 0 spiro atoms. The number of hydrogen-bond donors (Lipinski definition) is 1. The third-order valence-corrected chi connectivity index (χ3v) is 6.15. The fourth-order valence-electron chi connectivity index (χ4n) is 4.49. The highest BCUT2D eigenvalue weighted by Gasteiger charge is 2.37. The van der Waals surface area contributed by atoms with Gasteiger partial charge in [0.15, 0.2) is 11.5 Å². The van der Waals surface area contributed by atoms with Gasteiger partial charge in [0.1, 0.15) is 23.1 Å². The van der Waals surface area contributed by atoms with Crippen molar-refractivity contribution in [2.75, 3.05) is 27.9 Å². The predicted molar refractivity (Wildman–Crippen MR) is 120 cm³/mol. The zero-order valence-corrected chi connectivity index (χ0v) is 19.1. The van der Waals surface area contributed by atoms with Gasteiger partial charge in [-0.25, -0.2) is 0 Å². The zero-order valence-electron chi connectivity index (χ0n) is 19.1. The molecular weight excluding hydrogens is 426 g/mol. The van der Waals surface area contributed by atoms with Crippen molar-refractivity contribution in [2.24, 2.45) is 5.73 Å². The number of hydrogen-bond acceptors (Lipinski definition) is 8. The summed E-state index contributed by atoms with van der Waals surface area (Å²) in [6.45, 7) is 2.95. The Balaban J connectivity index is 1.96. The van der Waals surface area contributed by atoms with Crippen molar-refractivity contribution in [3.8, 4) is 29.1 Å². The number of pyridine rings is 1. The van der Waals surface area contributed by atoms with E-state index < -0.39 is 5.92 Å². The van der Waals surface area contributed by atoms with Crippen LogP contribution < -0.4 is 30.2 Å². The van der Waals surface area contributed by atoms with Crippen LogP contribution in [0.15, 0.2) is 34.4 Å². The standard InChI is InChI=1S/C24H27N3O6/c1-13-8-20-22(24(28)27(13)12-14-6-5-7-32-14)21(16(11-25)23(26)33-20)15-9-18(30-3)19(31-4)10-17(15)29-2/h8-10,14,21H,5-7,12,26H2,1-4H3/t14-,21-/m0/s1. The largest absolute Gasteiger partial charge is 0.496 e. The third kappa shape index (κ3) is 3.87. The molecule has 9 nitrogen and oxygen atoms in total. The van der Waals surface area contributed by atoms with E-state index in [4.69, 9.17) is 29.4 Å². The molecule has 174 valence electrons. The number of aromatic nitrogens is 1. The number of nitrogens with two attached hydrogens (primary N) is 1. The molecule has 2 atom stereocenters. The lowest BCUT2D eigenvalue weighted by Crippen LogP contribution is -2.35. The molecule has 0 aliphatic carbocycles. The van der Waals surface area contributed by atoms with Crippen LogP contribution in [0.3, 0.4) is 0 Å². The first-order valence-electron chi connectivity index (χ1n) is 10.7. The number of methoxy groups -OCH3 is 3. The first-order chi connectivity index (χ1) is 15.9. The van der Waals surface area contributed by atoms with Crippen molar-refractivity contribution < 1.29 is 23.7 Å². The van der Waals surface area contributed by atoms with Gasteiger partial charge in [-0.3, -0.25) is 4.79 Å². The number of ether oxygens (including phenoxy) is 5. The van der Waals surface area contributed by atoms with Crippen LogP contribution in [-0.2, 0) is 11.3 Å². The van der Waals surface area contributed by atoms with Crippen molar-refractivity contribution in [3.63, 3.8) is 0 Å². The molecule has 1 saturated heterocycles. The minimum Gasteiger partial charge on any atom is -0.496 e. The molecular formula is C24H27N3O6. The first-order valence-corrected chi connectivity index (χ1v) is 10.7. The fourth-order valence-corrected chi connectivity index (χ4v) is 4.49. The summed E-state index contributed by atoms with van der Waals surface area (Å²) in [6.07, 6.45) is 1.83. The highest BCUT2D eigenvalue weighted by Crippen LogP contribution is 2.46. The summed E-state index contributed by atoms with van der Waals surface area (Å²) < 4.78 is 29.6. The first kappa shape index (κ1) is 22.6. The van der Waals surface area contributed by atoms with Gasteiger partial charge in [0.05, 0.1) is 45.5 Å². The third-order valence-electron chi connectivity index (χ3n) is 6.15. The molecule has 4 rings (SSSR count). The Kier molecular flexibility index (Phi) is 6.20. The molecule has 2 aromatic rings. The molecule has 33 heavy (non-hydrogen) atoms. The number of aryl methyl sites for hydroxylation is 1. The second kappa shape index (κ2) is 9.08. The minimum absolute atomic E-state index is 0.0333. The predicted octanol–water partition coefficient (Wildman–Crippen LogP) is 2.58. The zero-order chi connectivity index (χ0) is 23.7. The van der Waals surface area contributed by atoms with Crippen LogP contribution in [0.5, 0.6) is 23.0 Å².